The lowest BCUT2D eigenvalue weighted by atomic mass is 10.1. The molecular weight excluding hydrogens is 314 g/mol. The maximum absolute atomic E-state index is 8.87. The highest BCUT2D eigenvalue weighted by Crippen LogP contribution is 2.41. The van der Waals surface area contributed by atoms with Crippen LogP contribution in [0.2, 0.25) is 0 Å². The topological polar surface area (TPSA) is 64.7 Å². The lowest BCUT2D eigenvalue weighted by Crippen LogP contribution is -2.15. The molecule has 0 saturated carbocycles. The Morgan fingerprint density at radius 3 is 2.89 bits per heavy atom. The molecule has 1 aromatic heterocycles. The molecule has 1 N–H and O–H groups in total. The first-order chi connectivity index (χ1) is 9.28. The number of fused-ring (bicyclic) bond motifs is 1. The summed E-state index contributed by atoms with van der Waals surface area (Å²) in [7, 11) is 0. The Morgan fingerprint density at radius 2 is 2.05 bits per heavy atom. The molecule has 100 valence electrons. The van der Waals surface area contributed by atoms with Crippen LogP contribution < -0.4 is 9.47 Å². The average Bonchev–Trinajstić information content (AvgIpc) is 2.88. The zero-order chi connectivity index (χ0) is 13.2. The number of aromatic nitrogens is 1. The fourth-order valence-electron chi connectivity index (χ4n) is 1.94. The second-order valence-electron chi connectivity index (χ2n) is 4.13. The smallest absolute Gasteiger partial charge is 0.175 e. The number of rotatable bonds is 3. The molecule has 0 saturated heterocycles. The molecule has 0 fully saturated rings. The zero-order valence-electron chi connectivity index (χ0n) is 10.1. The van der Waals surface area contributed by atoms with Gasteiger partial charge in [0.25, 0.3) is 0 Å². The molecular formula is C13H12BrNO4. The largest absolute Gasteiger partial charge is 0.486 e. The highest BCUT2D eigenvalue weighted by Gasteiger charge is 2.18. The number of hydrogen-bond acceptors (Lipinski definition) is 5. The third-order valence-electron chi connectivity index (χ3n) is 2.81. The zero-order valence-corrected chi connectivity index (χ0v) is 11.6. The summed E-state index contributed by atoms with van der Waals surface area (Å²) in [6.45, 7) is 1.13. The third kappa shape index (κ3) is 2.46. The van der Waals surface area contributed by atoms with E-state index in [2.05, 4.69) is 21.1 Å². The van der Waals surface area contributed by atoms with Gasteiger partial charge in [0.15, 0.2) is 11.5 Å². The van der Waals surface area contributed by atoms with Gasteiger partial charge in [-0.1, -0.05) is 5.16 Å². The van der Waals surface area contributed by atoms with Crippen LogP contribution in [-0.4, -0.2) is 30.1 Å². The Morgan fingerprint density at radius 1 is 1.21 bits per heavy atom. The van der Waals surface area contributed by atoms with E-state index < -0.39 is 0 Å². The Kier molecular flexibility index (Phi) is 3.44. The third-order valence-corrected chi connectivity index (χ3v) is 3.40. The minimum absolute atomic E-state index is 0.0411. The van der Waals surface area contributed by atoms with Gasteiger partial charge in [-0.2, -0.15) is 0 Å². The van der Waals surface area contributed by atoms with Crippen molar-refractivity contribution in [1.82, 2.24) is 5.16 Å². The van der Waals surface area contributed by atoms with Crippen LogP contribution in [0.3, 0.4) is 0 Å². The van der Waals surface area contributed by atoms with Crippen molar-refractivity contribution in [3.05, 3.63) is 28.4 Å². The summed E-state index contributed by atoms with van der Waals surface area (Å²) in [5, 5.41) is 12.9. The van der Waals surface area contributed by atoms with Crippen molar-refractivity contribution in [2.24, 2.45) is 0 Å². The summed E-state index contributed by atoms with van der Waals surface area (Å²) < 4.78 is 17.1. The van der Waals surface area contributed by atoms with Gasteiger partial charge in [0.1, 0.15) is 24.7 Å². The van der Waals surface area contributed by atoms with Crippen LogP contribution in [0.1, 0.15) is 5.76 Å². The summed E-state index contributed by atoms with van der Waals surface area (Å²) in [5.74, 6) is 2.07. The van der Waals surface area contributed by atoms with Crippen LogP contribution in [0.15, 0.2) is 27.2 Å². The SMILES string of the molecule is OCCc1cc(-c2cc(Br)c3c(c2)OCCO3)no1. The summed E-state index contributed by atoms with van der Waals surface area (Å²) in [6, 6.07) is 5.60. The molecule has 2 aromatic rings. The fourth-order valence-corrected chi connectivity index (χ4v) is 2.49. The molecule has 6 heteroatoms. The molecule has 0 aliphatic carbocycles. The maximum atomic E-state index is 8.87. The standard InChI is InChI=1S/C13H12BrNO4/c14-10-5-8(6-12-13(10)18-4-3-17-12)11-7-9(1-2-16)19-15-11/h5-7,16H,1-4H2. The summed E-state index contributed by atoms with van der Waals surface area (Å²) in [6.07, 6.45) is 0.457. The van der Waals surface area contributed by atoms with Gasteiger partial charge in [0, 0.05) is 18.1 Å². The van der Waals surface area contributed by atoms with Gasteiger partial charge in [0.05, 0.1) is 11.1 Å². The van der Waals surface area contributed by atoms with E-state index in [1.807, 2.05) is 18.2 Å². The van der Waals surface area contributed by atoms with Gasteiger partial charge in [-0.3, -0.25) is 0 Å². The molecule has 0 unspecified atom stereocenters. The summed E-state index contributed by atoms with van der Waals surface area (Å²) >= 11 is 3.46. The second-order valence-corrected chi connectivity index (χ2v) is 4.99. The average molecular weight is 326 g/mol. The van der Waals surface area contributed by atoms with Gasteiger partial charge in [0.2, 0.25) is 0 Å². The van der Waals surface area contributed by atoms with Crippen molar-refractivity contribution in [3.63, 3.8) is 0 Å². The number of aliphatic hydroxyl groups is 1. The van der Waals surface area contributed by atoms with Crippen molar-refractivity contribution >= 4 is 15.9 Å². The van der Waals surface area contributed by atoms with E-state index in [-0.39, 0.29) is 6.61 Å². The van der Waals surface area contributed by atoms with Gasteiger partial charge in [-0.05, 0) is 28.1 Å². The Balaban J connectivity index is 1.97. The van der Waals surface area contributed by atoms with Crippen molar-refractivity contribution < 1.29 is 19.1 Å². The highest BCUT2D eigenvalue weighted by molar-refractivity contribution is 9.10. The predicted molar refractivity (Wildman–Crippen MR) is 71.4 cm³/mol. The molecule has 1 aliphatic rings. The maximum Gasteiger partial charge on any atom is 0.175 e. The molecule has 2 heterocycles. The van der Waals surface area contributed by atoms with Crippen molar-refractivity contribution in [1.29, 1.82) is 0 Å². The van der Waals surface area contributed by atoms with E-state index in [4.69, 9.17) is 19.1 Å². The Labute approximate surface area is 118 Å². The lowest BCUT2D eigenvalue weighted by Gasteiger charge is -2.20. The van der Waals surface area contributed by atoms with Gasteiger partial charge in [-0.15, -0.1) is 0 Å². The van der Waals surface area contributed by atoms with Gasteiger partial charge >= 0.3 is 0 Å². The molecule has 19 heavy (non-hydrogen) atoms. The fraction of sp³-hybridized carbons (Fsp3) is 0.308. The highest BCUT2D eigenvalue weighted by atomic mass is 79.9. The summed E-state index contributed by atoms with van der Waals surface area (Å²) in [4.78, 5) is 0. The monoisotopic (exact) mass is 325 g/mol. The predicted octanol–water partition coefficient (Wildman–Crippen LogP) is 2.41. The van der Waals surface area contributed by atoms with E-state index in [1.54, 1.807) is 0 Å². The van der Waals surface area contributed by atoms with E-state index >= 15 is 0 Å². The molecule has 1 aliphatic heterocycles. The molecule has 0 amide bonds. The minimum Gasteiger partial charge on any atom is -0.486 e. The van der Waals surface area contributed by atoms with Gasteiger partial charge < -0.3 is 19.1 Å². The van der Waals surface area contributed by atoms with E-state index in [0.29, 0.717) is 42.6 Å². The number of hydrogen-bond donors (Lipinski definition) is 1. The molecule has 3 rings (SSSR count). The number of ether oxygens (including phenoxy) is 2. The normalized spacial score (nSPS) is 13.6. The Bertz CT molecular complexity index is 596. The van der Waals surface area contributed by atoms with E-state index in [1.165, 1.54) is 0 Å². The first kappa shape index (κ1) is 12.5. The number of benzene rings is 1. The van der Waals surface area contributed by atoms with E-state index in [9.17, 15) is 0 Å². The minimum atomic E-state index is 0.0411. The molecule has 0 spiro atoms. The number of aliphatic hydroxyl groups excluding tert-OH is 1. The van der Waals surface area contributed by atoms with E-state index in [0.717, 1.165) is 10.0 Å². The first-order valence-electron chi connectivity index (χ1n) is 5.94. The van der Waals surface area contributed by atoms with Crippen LogP contribution in [0.5, 0.6) is 11.5 Å². The number of halogens is 1. The second kappa shape index (κ2) is 5.22. The molecule has 0 atom stereocenters. The van der Waals surface area contributed by atoms with Crippen molar-refractivity contribution in [2.75, 3.05) is 19.8 Å². The molecule has 1 aromatic carbocycles. The van der Waals surface area contributed by atoms with Crippen molar-refractivity contribution in [3.8, 4) is 22.8 Å². The van der Waals surface area contributed by atoms with Crippen LogP contribution in [0.4, 0.5) is 0 Å². The molecule has 0 radical (unpaired) electrons. The van der Waals surface area contributed by atoms with Crippen LogP contribution in [-0.2, 0) is 6.42 Å². The number of nitrogens with zero attached hydrogens (tertiary/aromatic N) is 1. The van der Waals surface area contributed by atoms with Crippen molar-refractivity contribution in [2.45, 2.75) is 6.42 Å². The first-order valence-corrected chi connectivity index (χ1v) is 6.73. The van der Waals surface area contributed by atoms with Crippen LogP contribution in [0.25, 0.3) is 11.3 Å². The van der Waals surface area contributed by atoms with Crippen LogP contribution in [0, 0.1) is 0 Å². The molecule has 0 bridgehead atoms. The lowest BCUT2D eigenvalue weighted by molar-refractivity contribution is 0.170. The van der Waals surface area contributed by atoms with Crippen LogP contribution >= 0.6 is 15.9 Å². The Hall–Kier alpha value is -1.53. The van der Waals surface area contributed by atoms with Gasteiger partial charge in [-0.25, -0.2) is 0 Å². The quantitative estimate of drug-likeness (QED) is 0.938. The summed E-state index contributed by atoms with van der Waals surface area (Å²) in [5.41, 5.74) is 1.59. The molecule has 5 nitrogen and oxygen atoms in total.